The third-order valence-electron chi connectivity index (χ3n) is 5.44. The number of anilines is 1. The Labute approximate surface area is 210 Å². The van der Waals surface area contributed by atoms with E-state index in [1.165, 1.54) is 33.7 Å². The number of aromatic nitrogens is 2. The average molecular weight is 507 g/mol. The number of hydrogen-bond donors (Lipinski definition) is 0. The van der Waals surface area contributed by atoms with Gasteiger partial charge < -0.3 is 4.90 Å². The van der Waals surface area contributed by atoms with Gasteiger partial charge in [-0.15, -0.1) is 0 Å². The molecular formula is C26H20ClFN4O2S. The van der Waals surface area contributed by atoms with E-state index in [0.29, 0.717) is 38.0 Å². The van der Waals surface area contributed by atoms with Gasteiger partial charge in [-0.3, -0.25) is 14.2 Å². The summed E-state index contributed by atoms with van der Waals surface area (Å²) in [7, 11) is 0. The second kappa shape index (κ2) is 10.7. The highest BCUT2D eigenvalue weighted by molar-refractivity contribution is 7.99. The van der Waals surface area contributed by atoms with E-state index in [1.807, 2.05) is 13.0 Å². The molecule has 35 heavy (non-hydrogen) atoms. The molecule has 4 rings (SSSR count). The van der Waals surface area contributed by atoms with Gasteiger partial charge in [-0.2, -0.15) is 5.26 Å². The molecule has 0 fully saturated rings. The number of thioether (sulfide) groups is 1. The van der Waals surface area contributed by atoms with Crippen LogP contribution in [-0.2, 0) is 4.79 Å². The molecule has 0 aliphatic carbocycles. The summed E-state index contributed by atoms with van der Waals surface area (Å²) in [4.78, 5) is 32.8. The van der Waals surface area contributed by atoms with Crippen molar-refractivity contribution in [2.24, 2.45) is 0 Å². The van der Waals surface area contributed by atoms with Crippen molar-refractivity contribution in [3.63, 3.8) is 0 Å². The van der Waals surface area contributed by atoms with Crippen LogP contribution in [0.25, 0.3) is 16.6 Å². The van der Waals surface area contributed by atoms with Crippen LogP contribution in [0.15, 0.2) is 76.7 Å². The average Bonchev–Trinajstić information content (AvgIpc) is 2.86. The molecule has 0 N–H and O–H groups in total. The predicted octanol–water partition coefficient (Wildman–Crippen LogP) is 5.53. The standard InChI is InChI=1S/C26H20ClFN4O2S/c1-17-21(27)7-4-9-23(17)32-25(34)20-6-2-3-8-22(20)30-26(32)35-16-24(33)31(15-5-14-29)19-12-10-18(28)11-13-19/h2-4,6-13H,5,15-16H2,1H3. The van der Waals surface area contributed by atoms with Gasteiger partial charge in [0.15, 0.2) is 5.16 Å². The van der Waals surface area contributed by atoms with Crippen molar-refractivity contribution in [3.8, 4) is 11.8 Å². The minimum Gasteiger partial charge on any atom is -0.311 e. The minimum absolute atomic E-state index is 0.0484. The molecule has 4 aromatic rings. The van der Waals surface area contributed by atoms with E-state index in [0.717, 1.165) is 11.8 Å². The number of carbonyl (C=O) groups excluding carboxylic acids is 1. The van der Waals surface area contributed by atoms with Crippen LogP contribution in [0.2, 0.25) is 5.02 Å². The SMILES string of the molecule is Cc1c(Cl)cccc1-n1c(SCC(=O)N(CCC#N)c2ccc(F)cc2)nc2ccccc2c1=O. The van der Waals surface area contributed by atoms with Gasteiger partial charge in [0.1, 0.15) is 5.82 Å². The molecule has 3 aromatic carbocycles. The van der Waals surface area contributed by atoms with Gasteiger partial charge in [0, 0.05) is 17.3 Å². The summed E-state index contributed by atoms with van der Waals surface area (Å²) >= 11 is 7.44. The van der Waals surface area contributed by atoms with Crippen LogP contribution in [0.3, 0.4) is 0 Å². The molecule has 9 heteroatoms. The first kappa shape index (κ1) is 24.5. The highest BCUT2D eigenvalue weighted by atomic mass is 35.5. The van der Waals surface area contributed by atoms with Crippen molar-refractivity contribution in [2.45, 2.75) is 18.5 Å². The molecule has 1 heterocycles. The Morgan fingerprint density at radius 2 is 1.89 bits per heavy atom. The van der Waals surface area contributed by atoms with E-state index in [1.54, 1.807) is 42.5 Å². The number of amides is 1. The minimum atomic E-state index is -0.419. The summed E-state index contributed by atoms with van der Waals surface area (Å²) in [5.41, 5.74) is 2.03. The Kier molecular flexibility index (Phi) is 7.49. The zero-order chi connectivity index (χ0) is 24.9. The number of halogens is 2. The fourth-order valence-corrected chi connectivity index (χ4v) is 4.70. The summed E-state index contributed by atoms with van der Waals surface area (Å²) < 4.78 is 14.9. The third-order valence-corrected chi connectivity index (χ3v) is 6.77. The molecule has 176 valence electrons. The molecule has 0 radical (unpaired) electrons. The van der Waals surface area contributed by atoms with Crippen LogP contribution in [-0.4, -0.2) is 27.8 Å². The smallest absolute Gasteiger partial charge is 0.266 e. The molecule has 0 saturated heterocycles. The van der Waals surface area contributed by atoms with Crippen molar-refractivity contribution >= 4 is 45.9 Å². The van der Waals surface area contributed by atoms with E-state index in [2.05, 4.69) is 4.98 Å². The second-order valence-corrected chi connectivity index (χ2v) is 9.00. The van der Waals surface area contributed by atoms with Crippen molar-refractivity contribution in [2.75, 3.05) is 17.2 Å². The lowest BCUT2D eigenvalue weighted by molar-refractivity contribution is -0.116. The molecule has 1 amide bonds. The fourth-order valence-electron chi connectivity index (χ4n) is 3.64. The monoisotopic (exact) mass is 506 g/mol. The maximum Gasteiger partial charge on any atom is 0.266 e. The summed E-state index contributed by atoms with van der Waals surface area (Å²) in [6.07, 6.45) is 0.119. The molecule has 0 spiro atoms. The first-order chi connectivity index (χ1) is 16.9. The molecule has 0 saturated carbocycles. The number of fused-ring (bicyclic) bond motifs is 1. The Hall–Kier alpha value is -3.67. The zero-order valence-corrected chi connectivity index (χ0v) is 20.3. The van der Waals surface area contributed by atoms with Crippen LogP contribution < -0.4 is 10.5 Å². The van der Waals surface area contributed by atoms with Crippen LogP contribution in [0.4, 0.5) is 10.1 Å². The number of benzene rings is 3. The molecular weight excluding hydrogens is 487 g/mol. The molecule has 0 bridgehead atoms. The Morgan fingerprint density at radius 3 is 2.63 bits per heavy atom. The first-order valence-corrected chi connectivity index (χ1v) is 12.1. The first-order valence-electron chi connectivity index (χ1n) is 10.7. The number of rotatable bonds is 7. The summed E-state index contributed by atoms with van der Waals surface area (Å²) in [6.45, 7) is 1.98. The maximum atomic E-state index is 13.5. The summed E-state index contributed by atoms with van der Waals surface area (Å²) in [5.74, 6) is -0.765. The third kappa shape index (κ3) is 5.21. The van der Waals surface area contributed by atoms with E-state index >= 15 is 0 Å². The van der Waals surface area contributed by atoms with Gasteiger partial charge in [-0.25, -0.2) is 9.37 Å². The Bertz CT molecular complexity index is 1500. The maximum absolute atomic E-state index is 13.5. The largest absolute Gasteiger partial charge is 0.311 e. The summed E-state index contributed by atoms with van der Waals surface area (Å²) in [6, 6.07) is 19.8. The highest BCUT2D eigenvalue weighted by Gasteiger charge is 2.20. The van der Waals surface area contributed by atoms with Crippen molar-refractivity contribution in [1.29, 1.82) is 5.26 Å². The predicted molar refractivity (Wildman–Crippen MR) is 137 cm³/mol. The molecule has 0 aliphatic rings. The molecule has 1 aromatic heterocycles. The van der Waals surface area contributed by atoms with Crippen LogP contribution in [0, 0.1) is 24.1 Å². The number of nitriles is 1. The van der Waals surface area contributed by atoms with Crippen molar-refractivity contribution in [1.82, 2.24) is 9.55 Å². The van der Waals surface area contributed by atoms with Gasteiger partial charge in [-0.1, -0.05) is 41.6 Å². The van der Waals surface area contributed by atoms with Gasteiger partial charge in [0.05, 0.1) is 34.8 Å². The van der Waals surface area contributed by atoms with Crippen LogP contribution in [0.1, 0.15) is 12.0 Å². The van der Waals surface area contributed by atoms with Gasteiger partial charge in [0.2, 0.25) is 5.91 Å². The molecule has 6 nitrogen and oxygen atoms in total. The second-order valence-electron chi connectivity index (χ2n) is 7.65. The lowest BCUT2D eigenvalue weighted by Crippen LogP contribution is -2.33. The van der Waals surface area contributed by atoms with E-state index in [-0.39, 0.29) is 30.2 Å². The number of carbonyl (C=O) groups is 1. The summed E-state index contributed by atoms with van der Waals surface area (Å²) in [5, 5.41) is 10.3. The Balaban J connectivity index is 1.73. The quantitative estimate of drug-likeness (QED) is 0.243. The van der Waals surface area contributed by atoms with Crippen molar-refractivity contribution < 1.29 is 9.18 Å². The van der Waals surface area contributed by atoms with Gasteiger partial charge in [-0.05, 0) is 61.0 Å². The fraction of sp³-hybridized carbons (Fsp3) is 0.154. The molecule has 0 atom stereocenters. The van der Waals surface area contributed by atoms with Crippen LogP contribution >= 0.6 is 23.4 Å². The van der Waals surface area contributed by atoms with Gasteiger partial charge in [0.25, 0.3) is 5.56 Å². The van der Waals surface area contributed by atoms with E-state index in [9.17, 15) is 14.0 Å². The molecule has 0 aliphatic heterocycles. The van der Waals surface area contributed by atoms with E-state index in [4.69, 9.17) is 16.9 Å². The zero-order valence-electron chi connectivity index (χ0n) is 18.7. The number of hydrogen-bond acceptors (Lipinski definition) is 5. The lowest BCUT2D eigenvalue weighted by atomic mass is 10.2. The lowest BCUT2D eigenvalue weighted by Gasteiger charge is -2.22. The van der Waals surface area contributed by atoms with Crippen molar-refractivity contribution in [3.05, 3.63) is 93.5 Å². The Morgan fingerprint density at radius 1 is 1.14 bits per heavy atom. The number of para-hydroxylation sites is 1. The topological polar surface area (TPSA) is 79.0 Å². The highest BCUT2D eigenvalue weighted by Crippen LogP contribution is 2.27. The van der Waals surface area contributed by atoms with Crippen LogP contribution in [0.5, 0.6) is 0 Å². The normalized spacial score (nSPS) is 10.8. The number of nitrogens with zero attached hydrogens (tertiary/aromatic N) is 4. The van der Waals surface area contributed by atoms with E-state index < -0.39 is 5.82 Å². The van der Waals surface area contributed by atoms with Gasteiger partial charge >= 0.3 is 0 Å². The molecule has 0 unspecified atom stereocenters.